The van der Waals surface area contributed by atoms with E-state index < -0.39 is 0 Å². The van der Waals surface area contributed by atoms with Crippen molar-refractivity contribution in [1.29, 1.82) is 0 Å². The molecule has 1 aliphatic rings. The summed E-state index contributed by atoms with van der Waals surface area (Å²) in [6.45, 7) is 1.68. The van der Waals surface area contributed by atoms with Gasteiger partial charge in [-0.3, -0.25) is 4.98 Å². The number of hydrogen-bond donors (Lipinski definition) is 1. The SMILES string of the molecule is CNC[C@@H]1OCCCc2c(-c3cccnc3)cccc21. The zero-order chi connectivity index (χ0) is 13.8. The van der Waals surface area contributed by atoms with Gasteiger partial charge in [-0.2, -0.15) is 0 Å². The maximum Gasteiger partial charge on any atom is 0.0951 e. The van der Waals surface area contributed by atoms with Crippen molar-refractivity contribution >= 4 is 0 Å². The number of pyridine rings is 1. The van der Waals surface area contributed by atoms with Crippen molar-refractivity contribution in [3.8, 4) is 11.1 Å². The Morgan fingerprint density at radius 3 is 3.05 bits per heavy atom. The van der Waals surface area contributed by atoms with Gasteiger partial charge in [0, 0.05) is 31.1 Å². The van der Waals surface area contributed by atoms with Gasteiger partial charge in [-0.25, -0.2) is 0 Å². The molecule has 0 unspecified atom stereocenters. The molecule has 0 saturated carbocycles. The Bertz CT molecular complexity index is 568. The standard InChI is InChI=1S/C17H20N2O/c1-18-12-17-16-7-2-6-14(13-5-3-9-19-11-13)15(16)8-4-10-20-17/h2-3,5-7,9,11,17-18H,4,8,10,12H2,1H3/t17-/m0/s1. The minimum atomic E-state index is 0.147. The molecule has 0 radical (unpaired) electrons. The minimum absolute atomic E-state index is 0.147. The number of fused-ring (bicyclic) bond motifs is 1. The molecule has 1 aromatic carbocycles. The van der Waals surface area contributed by atoms with Crippen LogP contribution >= 0.6 is 0 Å². The first kappa shape index (κ1) is 13.3. The quantitative estimate of drug-likeness (QED) is 0.929. The lowest BCUT2D eigenvalue weighted by Gasteiger charge is -2.19. The summed E-state index contributed by atoms with van der Waals surface area (Å²) in [4.78, 5) is 4.25. The first-order valence-corrected chi connectivity index (χ1v) is 7.18. The Morgan fingerprint density at radius 1 is 1.30 bits per heavy atom. The number of ether oxygens (including phenoxy) is 1. The molecular weight excluding hydrogens is 248 g/mol. The zero-order valence-electron chi connectivity index (χ0n) is 11.8. The van der Waals surface area contributed by atoms with Crippen LogP contribution in [0.4, 0.5) is 0 Å². The monoisotopic (exact) mass is 268 g/mol. The van der Waals surface area contributed by atoms with Crippen LogP contribution in [0, 0.1) is 0 Å². The van der Waals surface area contributed by atoms with Gasteiger partial charge >= 0.3 is 0 Å². The summed E-state index contributed by atoms with van der Waals surface area (Å²) in [7, 11) is 1.97. The van der Waals surface area contributed by atoms with Crippen molar-refractivity contribution < 1.29 is 4.74 Å². The van der Waals surface area contributed by atoms with Crippen LogP contribution in [0.5, 0.6) is 0 Å². The van der Waals surface area contributed by atoms with Crippen molar-refractivity contribution in [2.24, 2.45) is 0 Å². The molecule has 0 saturated heterocycles. The van der Waals surface area contributed by atoms with Gasteiger partial charge in [0.2, 0.25) is 0 Å². The number of hydrogen-bond acceptors (Lipinski definition) is 3. The summed E-state index contributed by atoms with van der Waals surface area (Å²) in [6.07, 6.45) is 6.05. The third kappa shape index (κ3) is 2.60. The first-order valence-electron chi connectivity index (χ1n) is 7.18. The van der Waals surface area contributed by atoms with Gasteiger partial charge in [0.1, 0.15) is 0 Å². The van der Waals surface area contributed by atoms with E-state index in [2.05, 4.69) is 34.6 Å². The van der Waals surface area contributed by atoms with E-state index in [1.54, 1.807) is 0 Å². The molecule has 0 fully saturated rings. The van der Waals surface area contributed by atoms with Crippen LogP contribution in [-0.2, 0) is 11.2 Å². The van der Waals surface area contributed by atoms with Gasteiger partial charge < -0.3 is 10.1 Å². The fourth-order valence-corrected chi connectivity index (χ4v) is 2.90. The maximum atomic E-state index is 5.98. The zero-order valence-corrected chi connectivity index (χ0v) is 11.8. The fraction of sp³-hybridized carbons (Fsp3) is 0.353. The summed E-state index contributed by atoms with van der Waals surface area (Å²) in [6, 6.07) is 10.6. The van der Waals surface area contributed by atoms with Crippen LogP contribution in [0.25, 0.3) is 11.1 Å². The molecule has 104 valence electrons. The van der Waals surface area contributed by atoms with E-state index in [1.165, 1.54) is 22.3 Å². The second-order valence-electron chi connectivity index (χ2n) is 5.14. The molecule has 0 bridgehead atoms. The van der Waals surface area contributed by atoms with Crippen LogP contribution in [-0.4, -0.2) is 25.2 Å². The Labute approximate surface area is 120 Å². The van der Waals surface area contributed by atoms with Gasteiger partial charge in [-0.1, -0.05) is 24.3 Å². The maximum absolute atomic E-state index is 5.98. The van der Waals surface area contributed by atoms with Gasteiger partial charge in [0.15, 0.2) is 0 Å². The van der Waals surface area contributed by atoms with E-state index in [9.17, 15) is 0 Å². The first-order chi connectivity index (χ1) is 9.90. The Morgan fingerprint density at radius 2 is 2.25 bits per heavy atom. The molecule has 0 spiro atoms. The highest BCUT2D eigenvalue weighted by molar-refractivity contribution is 5.68. The minimum Gasteiger partial charge on any atom is -0.372 e. The second-order valence-corrected chi connectivity index (χ2v) is 5.14. The molecule has 3 heteroatoms. The molecule has 1 atom stereocenters. The van der Waals surface area contributed by atoms with Crippen LogP contribution in [0.1, 0.15) is 23.7 Å². The van der Waals surface area contributed by atoms with Crippen molar-refractivity contribution in [2.45, 2.75) is 18.9 Å². The lowest BCUT2D eigenvalue weighted by atomic mass is 9.91. The number of aromatic nitrogens is 1. The summed E-state index contributed by atoms with van der Waals surface area (Å²) in [5.41, 5.74) is 5.22. The molecule has 3 rings (SSSR count). The third-order valence-corrected chi connectivity index (χ3v) is 3.81. The van der Waals surface area contributed by atoms with E-state index in [1.807, 2.05) is 25.5 Å². The van der Waals surface area contributed by atoms with Gasteiger partial charge in [-0.15, -0.1) is 0 Å². The Kier molecular flexibility index (Phi) is 4.09. The topological polar surface area (TPSA) is 34.1 Å². The molecule has 2 heterocycles. The van der Waals surface area contributed by atoms with Crippen LogP contribution in [0.3, 0.4) is 0 Å². The third-order valence-electron chi connectivity index (χ3n) is 3.81. The average Bonchev–Trinajstić information content (AvgIpc) is 2.71. The lowest BCUT2D eigenvalue weighted by molar-refractivity contribution is 0.0579. The molecule has 20 heavy (non-hydrogen) atoms. The van der Waals surface area contributed by atoms with Gasteiger partial charge in [-0.05, 0) is 42.6 Å². The smallest absolute Gasteiger partial charge is 0.0951 e. The Hall–Kier alpha value is -1.71. The highest BCUT2D eigenvalue weighted by Crippen LogP contribution is 2.33. The average molecular weight is 268 g/mol. The Balaban J connectivity index is 2.08. The summed E-state index contributed by atoms with van der Waals surface area (Å²) < 4.78 is 5.98. The molecule has 0 aliphatic carbocycles. The number of rotatable bonds is 3. The van der Waals surface area contributed by atoms with E-state index in [0.29, 0.717) is 0 Å². The number of nitrogens with one attached hydrogen (secondary N) is 1. The number of nitrogens with zero attached hydrogens (tertiary/aromatic N) is 1. The van der Waals surface area contributed by atoms with Crippen molar-refractivity contribution in [3.05, 3.63) is 53.9 Å². The highest BCUT2D eigenvalue weighted by Gasteiger charge is 2.21. The van der Waals surface area contributed by atoms with Crippen molar-refractivity contribution in [1.82, 2.24) is 10.3 Å². The molecule has 1 N–H and O–H groups in total. The summed E-state index contributed by atoms with van der Waals surface area (Å²) in [5.74, 6) is 0. The van der Waals surface area contributed by atoms with E-state index in [0.717, 1.165) is 26.0 Å². The number of benzene rings is 1. The van der Waals surface area contributed by atoms with Crippen LogP contribution < -0.4 is 5.32 Å². The van der Waals surface area contributed by atoms with Gasteiger partial charge in [0.05, 0.1) is 6.10 Å². The molecule has 1 aliphatic heterocycles. The summed E-state index contributed by atoms with van der Waals surface area (Å²) in [5, 5.41) is 3.23. The van der Waals surface area contributed by atoms with E-state index in [-0.39, 0.29) is 6.10 Å². The fourth-order valence-electron chi connectivity index (χ4n) is 2.90. The van der Waals surface area contributed by atoms with Crippen molar-refractivity contribution in [3.63, 3.8) is 0 Å². The lowest BCUT2D eigenvalue weighted by Crippen LogP contribution is -2.20. The second kappa shape index (κ2) is 6.16. The summed E-state index contributed by atoms with van der Waals surface area (Å²) >= 11 is 0. The highest BCUT2D eigenvalue weighted by atomic mass is 16.5. The number of likely N-dealkylation sites (N-methyl/N-ethyl adjacent to an activating group) is 1. The predicted molar refractivity (Wildman–Crippen MR) is 80.6 cm³/mol. The molecular formula is C17H20N2O. The molecule has 3 nitrogen and oxygen atoms in total. The van der Waals surface area contributed by atoms with Crippen molar-refractivity contribution in [2.75, 3.05) is 20.2 Å². The largest absolute Gasteiger partial charge is 0.372 e. The predicted octanol–water partition coefficient (Wildman–Crippen LogP) is 2.97. The van der Waals surface area contributed by atoms with Gasteiger partial charge in [0.25, 0.3) is 0 Å². The molecule has 2 aromatic rings. The molecule has 0 amide bonds. The normalized spacial score (nSPS) is 18.4. The van der Waals surface area contributed by atoms with Crippen LogP contribution in [0.2, 0.25) is 0 Å². The molecule has 1 aromatic heterocycles. The van der Waals surface area contributed by atoms with Crippen LogP contribution in [0.15, 0.2) is 42.7 Å². The van der Waals surface area contributed by atoms with E-state index in [4.69, 9.17) is 4.74 Å². The van der Waals surface area contributed by atoms with E-state index >= 15 is 0 Å².